The van der Waals surface area contributed by atoms with Gasteiger partial charge in [-0.05, 0) is 36.7 Å². The summed E-state index contributed by atoms with van der Waals surface area (Å²) in [6, 6.07) is 12.6. The minimum atomic E-state index is -0.155. The van der Waals surface area contributed by atoms with E-state index in [0.29, 0.717) is 19.5 Å². The van der Waals surface area contributed by atoms with Gasteiger partial charge in [0.1, 0.15) is 22.3 Å². The highest BCUT2D eigenvalue weighted by molar-refractivity contribution is 7.15. The van der Waals surface area contributed by atoms with Crippen LogP contribution in [-0.4, -0.2) is 25.7 Å². The first-order valence-electron chi connectivity index (χ1n) is 8.32. The lowest BCUT2D eigenvalue weighted by Gasteiger charge is -2.08. The number of nitrogens with zero attached hydrogens (tertiary/aromatic N) is 1. The van der Waals surface area contributed by atoms with Crippen molar-refractivity contribution < 1.29 is 13.9 Å². The molecule has 3 aromatic rings. The molecule has 1 N–H and O–H groups in total. The second kappa shape index (κ2) is 8.78. The third kappa shape index (κ3) is 4.39. The topological polar surface area (TPSA) is 43.4 Å². The van der Waals surface area contributed by atoms with E-state index in [4.69, 9.17) is 9.47 Å². The molecule has 4 nitrogen and oxygen atoms in total. The fourth-order valence-electron chi connectivity index (χ4n) is 2.64. The maximum Gasteiger partial charge on any atom is 0.131 e. The molecular weight excluding hydrogens is 351 g/mol. The molecule has 0 atom stereocenters. The number of ether oxygens (including phenoxy) is 2. The van der Waals surface area contributed by atoms with Crippen LogP contribution in [0.25, 0.3) is 10.4 Å². The number of halogens is 1. The summed E-state index contributed by atoms with van der Waals surface area (Å²) in [5.74, 6) is 1.36. The van der Waals surface area contributed by atoms with Crippen molar-refractivity contribution in [1.82, 2.24) is 10.3 Å². The number of nitrogens with one attached hydrogen (secondary N) is 1. The number of rotatable bonds is 8. The Balaban J connectivity index is 1.59. The maximum absolute atomic E-state index is 13.6. The summed E-state index contributed by atoms with van der Waals surface area (Å²) in [5.41, 5.74) is 1.71. The van der Waals surface area contributed by atoms with E-state index in [-0.39, 0.29) is 5.82 Å². The predicted octanol–water partition coefficient (Wildman–Crippen LogP) is 4.30. The van der Waals surface area contributed by atoms with Crippen LogP contribution < -0.4 is 14.8 Å². The fraction of sp³-hybridized carbons (Fsp3) is 0.250. The Morgan fingerprint density at radius 1 is 1.12 bits per heavy atom. The third-order valence-electron chi connectivity index (χ3n) is 4.03. The minimum Gasteiger partial charge on any atom is -0.497 e. The molecule has 0 spiro atoms. The molecule has 0 aliphatic carbocycles. The molecule has 0 aliphatic rings. The van der Waals surface area contributed by atoms with Gasteiger partial charge in [-0.1, -0.05) is 18.2 Å². The smallest absolute Gasteiger partial charge is 0.131 e. The largest absolute Gasteiger partial charge is 0.497 e. The van der Waals surface area contributed by atoms with E-state index in [1.807, 2.05) is 36.5 Å². The van der Waals surface area contributed by atoms with Crippen LogP contribution in [0.1, 0.15) is 10.6 Å². The molecule has 0 amide bonds. The molecule has 0 aliphatic heterocycles. The van der Waals surface area contributed by atoms with Gasteiger partial charge in [-0.15, -0.1) is 11.3 Å². The lowest BCUT2D eigenvalue weighted by atomic mass is 10.1. The van der Waals surface area contributed by atoms with Crippen LogP contribution in [0.4, 0.5) is 4.39 Å². The normalized spacial score (nSPS) is 10.7. The van der Waals surface area contributed by atoms with Gasteiger partial charge in [0.25, 0.3) is 0 Å². The predicted molar refractivity (Wildman–Crippen MR) is 102 cm³/mol. The number of hydrogen-bond donors (Lipinski definition) is 1. The average Bonchev–Trinajstić information content (AvgIpc) is 3.14. The zero-order valence-electron chi connectivity index (χ0n) is 14.8. The van der Waals surface area contributed by atoms with Crippen LogP contribution in [0.3, 0.4) is 0 Å². The summed E-state index contributed by atoms with van der Waals surface area (Å²) in [5, 5.41) is 4.30. The molecule has 2 aromatic carbocycles. The van der Waals surface area contributed by atoms with Gasteiger partial charge in [-0.2, -0.15) is 0 Å². The zero-order chi connectivity index (χ0) is 18.4. The molecule has 26 heavy (non-hydrogen) atoms. The lowest BCUT2D eigenvalue weighted by molar-refractivity contribution is 0.395. The summed E-state index contributed by atoms with van der Waals surface area (Å²) in [6.07, 6.45) is 2.50. The Hall–Kier alpha value is -2.44. The van der Waals surface area contributed by atoms with Crippen LogP contribution in [0.15, 0.2) is 48.7 Å². The monoisotopic (exact) mass is 372 g/mol. The standard InChI is InChI=1S/C20H21FN2O2S/c1-24-15-7-8-16(18(11-15)25-2)19-12-23-20(26-19)13-22-10-9-14-5-3-4-6-17(14)21/h3-8,11-12,22H,9-10,13H2,1-2H3. The molecule has 0 fully saturated rings. The van der Waals surface area contributed by atoms with Crippen molar-refractivity contribution in [3.8, 4) is 21.9 Å². The van der Waals surface area contributed by atoms with Crippen molar-refractivity contribution in [2.45, 2.75) is 13.0 Å². The SMILES string of the molecule is COc1ccc(-c2cnc(CNCCc3ccccc3F)s2)c(OC)c1. The number of thiazole rings is 1. The van der Waals surface area contributed by atoms with E-state index >= 15 is 0 Å². The van der Waals surface area contributed by atoms with Gasteiger partial charge in [0, 0.05) is 24.4 Å². The minimum absolute atomic E-state index is 0.155. The van der Waals surface area contributed by atoms with Crippen molar-refractivity contribution in [2.75, 3.05) is 20.8 Å². The fourth-order valence-corrected chi connectivity index (χ4v) is 3.56. The Labute approximate surface area is 156 Å². The van der Waals surface area contributed by atoms with E-state index < -0.39 is 0 Å². The summed E-state index contributed by atoms with van der Waals surface area (Å²) >= 11 is 1.61. The van der Waals surface area contributed by atoms with Crippen molar-refractivity contribution in [3.63, 3.8) is 0 Å². The highest BCUT2D eigenvalue weighted by atomic mass is 32.1. The number of methoxy groups -OCH3 is 2. The number of hydrogen-bond acceptors (Lipinski definition) is 5. The zero-order valence-corrected chi connectivity index (χ0v) is 15.6. The van der Waals surface area contributed by atoms with Crippen molar-refractivity contribution in [1.29, 1.82) is 0 Å². The molecule has 1 heterocycles. The van der Waals surface area contributed by atoms with Gasteiger partial charge in [0.05, 0.1) is 19.1 Å². The molecule has 3 rings (SSSR count). The molecule has 0 bridgehead atoms. The average molecular weight is 372 g/mol. The van der Waals surface area contributed by atoms with E-state index in [1.54, 1.807) is 31.6 Å². The molecule has 136 valence electrons. The summed E-state index contributed by atoms with van der Waals surface area (Å²) in [7, 11) is 3.27. The van der Waals surface area contributed by atoms with Crippen LogP contribution in [0.5, 0.6) is 11.5 Å². The van der Waals surface area contributed by atoms with E-state index in [0.717, 1.165) is 32.5 Å². The van der Waals surface area contributed by atoms with Gasteiger partial charge < -0.3 is 14.8 Å². The van der Waals surface area contributed by atoms with E-state index in [2.05, 4.69) is 10.3 Å². The van der Waals surface area contributed by atoms with Crippen LogP contribution >= 0.6 is 11.3 Å². The number of aromatic nitrogens is 1. The van der Waals surface area contributed by atoms with Gasteiger partial charge in [-0.25, -0.2) is 9.37 Å². The Morgan fingerprint density at radius 2 is 1.96 bits per heavy atom. The summed E-state index contributed by atoms with van der Waals surface area (Å²) in [6.45, 7) is 1.35. The van der Waals surface area contributed by atoms with Gasteiger partial charge in [0.15, 0.2) is 0 Å². The van der Waals surface area contributed by atoms with Gasteiger partial charge in [-0.3, -0.25) is 0 Å². The quantitative estimate of drug-likeness (QED) is 0.599. The van der Waals surface area contributed by atoms with Crippen molar-refractivity contribution in [2.24, 2.45) is 0 Å². The first-order chi connectivity index (χ1) is 12.7. The van der Waals surface area contributed by atoms with Gasteiger partial charge in [0.2, 0.25) is 0 Å². The van der Waals surface area contributed by atoms with E-state index in [9.17, 15) is 4.39 Å². The highest BCUT2D eigenvalue weighted by Crippen LogP contribution is 2.36. The highest BCUT2D eigenvalue weighted by Gasteiger charge is 2.11. The van der Waals surface area contributed by atoms with Crippen LogP contribution in [-0.2, 0) is 13.0 Å². The molecule has 0 saturated heterocycles. The Kier molecular flexibility index (Phi) is 6.20. The van der Waals surface area contributed by atoms with E-state index in [1.165, 1.54) is 6.07 Å². The molecule has 0 radical (unpaired) electrons. The molecule has 0 unspecified atom stereocenters. The second-order valence-corrected chi connectivity index (χ2v) is 6.82. The molecule has 6 heteroatoms. The summed E-state index contributed by atoms with van der Waals surface area (Å²) < 4.78 is 24.3. The second-order valence-electron chi connectivity index (χ2n) is 5.70. The third-order valence-corrected chi connectivity index (χ3v) is 5.06. The Bertz CT molecular complexity index is 867. The first-order valence-corrected chi connectivity index (χ1v) is 9.14. The van der Waals surface area contributed by atoms with Crippen molar-refractivity contribution in [3.05, 3.63) is 65.0 Å². The first kappa shape index (κ1) is 18.4. The molecule has 1 aromatic heterocycles. The van der Waals surface area contributed by atoms with Gasteiger partial charge >= 0.3 is 0 Å². The molecule has 0 saturated carbocycles. The number of benzene rings is 2. The molecular formula is C20H21FN2O2S. The van der Waals surface area contributed by atoms with Crippen LogP contribution in [0.2, 0.25) is 0 Å². The van der Waals surface area contributed by atoms with Crippen molar-refractivity contribution >= 4 is 11.3 Å². The maximum atomic E-state index is 13.6. The lowest BCUT2D eigenvalue weighted by Crippen LogP contribution is -2.16. The summed E-state index contributed by atoms with van der Waals surface area (Å²) in [4.78, 5) is 5.51. The Morgan fingerprint density at radius 3 is 2.73 bits per heavy atom. The van der Waals surface area contributed by atoms with Crippen LogP contribution in [0, 0.1) is 5.82 Å².